The summed E-state index contributed by atoms with van der Waals surface area (Å²) >= 11 is 3.37. The third kappa shape index (κ3) is 6.78. The van der Waals surface area contributed by atoms with Gasteiger partial charge in [0.2, 0.25) is 5.91 Å². The molecule has 1 fully saturated rings. The van der Waals surface area contributed by atoms with Crippen molar-refractivity contribution in [3.8, 4) is 0 Å². The molecule has 1 atom stereocenters. The van der Waals surface area contributed by atoms with Gasteiger partial charge in [-0.2, -0.15) is 11.8 Å². The van der Waals surface area contributed by atoms with E-state index in [0.717, 1.165) is 31.8 Å². The Morgan fingerprint density at radius 3 is 2.66 bits per heavy atom. The van der Waals surface area contributed by atoms with E-state index in [0.29, 0.717) is 19.5 Å². The largest absolute Gasteiger partial charge is 0.340 e. The molecule has 0 bridgehead atoms. The number of benzene rings is 1. The Morgan fingerprint density at radius 2 is 2.00 bits per heavy atom. The fourth-order valence-corrected chi connectivity index (χ4v) is 4.80. The van der Waals surface area contributed by atoms with E-state index in [4.69, 9.17) is 0 Å². The molecule has 1 aliphatic rings. The zero-order valence-corrected chi connectivity index (χ0v) is 19.7. The second-order valence-corrected chi connectivity index (χ2v) is 9.63. The van der Waals surface area contributed by atoms with E-state index < -0.39 is 16.9 Å². The van der Waals surface area contributed by atoms with Gasteiger partial charge in [0, 0.05) is 55.3 Å². The van der Waals surface area contributed by atoms with Crippen LogP contribution in [0.3, 0.4) is 0 Å². The summed E-state index contributed by atoms with van der Waals surface area (Å²) in [5, 5.41) is 15.9. The Kier molecular flexibility index (Phi) is 9.07. The van der Waals surface area contributed by atoms with Crippen LogP contribution in [0.1, 0.15) is 21.7 Å². The van der Waals surface area contributed by atoms with Crippen LogP contribution in [-0.2, 0) is 11.2 Å². The van der Waals surface area contributed by atoms with E-state index in [-0.39, 0.29) is 17.2 Å². The highest BCUT2D eigenvalue weighted by molar-refractivity contribution is 7.98. The predicted molar refractivity (Wildman–Crippen MR) is 128 cm³/mol. The average molecular weight is 477 g/mol. The summed E-state index contributed by atoms with van der Waals surface area (Å²) in [6, 6.07) is 9.12. The SMILES string of the molecule is CSCCC(NC(=O)c1cccc([N+](=O)[O-])c1)C(=O)N1CCN(CCc2cccs2)CC1. The first-order valence-electron chi connectivity index (χ1n) is 10.6. The maximum absolute atomic E-state index is 13.2. The van der Waals surface area contributed by atoms with Crippen molar-refractivity contribution in [1.29, 1.82) is 0 Å². The number of carbonyl (C=O) groups is 2. The fraction of sp³-hybridized carbons (Fsp3) is 0.455. The van der Waals surface area contributed by atoms with Crippen LogP contribution in [0.25, 0.3) is 0 Å². The molecule has 10 heteroatoms. The number of piperazine rings is 1. The number of nitro groups is 1. The first kappa shape index (κ1) is 24.2. The number of non-ortho nitro benzene ring substituents is 1. The lowest BCUT2D eigenvalue weighted by Crippen LogP contribution is -2.55. The van der Waals surface area contributed by atoms with E-state index in [1.807, 2.05) is 11.2 Å². The van der Waals surface area contributed by atoms with Crippen molar-refractivity contribution in [2.75, 3.05) is 44.7 Å². The number of amides is 2. The maximum atomic E-state index is 13.2. The minimum Gasteiger partial charge on any atom is -0.340 e. The molecule has 1 aliphatic heterocycles. The molecule has 3 rings (SSSR count). The summed E-state index contributed by atoms with van der Waals surface area (Å²) < 4.78 is 0. The van der Waals surface area contributed by atoms with Gasteiger partial charge >= 0.3 is 0 Å². The zero-order chi connectivity index (χ0) is 22.9. The molecule has 1 unspecified atom stereocenters. The Hall–Kier alpha value is -2.43. The molecule has 8 nitrogen and oxygen atoms in total. The van der Waals surface area contributed by atoms with Gasteiger partial charge in [0.15, 0.2) is 0 Å². The van der Waals surface area contributed by atoms with Crippen molar-refractivity contribution in [3.63, 3.8) is 0 Å². The van der Waals surface area contributed by atoms with Crippen molar-refractivity contribution in [1.82, 2.24) is 15.1 Å². The van der Waals surface area contributed by atoms with Crippen LogP contribution in [0.15, 0.2) is 41.8 Å². The first-order chi connectivity index (χ1) is 15.5. The highest BCUT2D eigenvalue weighted by Gasteiger charge is 2.29. The van der Waals surface area contributed by atoms with Crippen LogP contribution in [0.4, 0.5) is 5.69 Å². The molecule has 172 valence electrons. The second-order valence-electron chi connectivity index (χ2n) is 7.61. The van der Waals surface area contributed by atoms with Crippen LogP contribution < -0.4 is 5.32 Å². The van der Waals surface area contributed by atoms with Crippen LogP contribution in [0.5, 0.6) is 0 Å². The van der Waals surface area contributed by atoms with Gasteiger partial charge < -0.3 is 10.2 Å². The molecule has 1 aromatic carbocycles. The van der Waals surface area contributed by atoms with E-state index in [2.05, 4.69) is 27.7 Å². The van der Waals surface area contributed by atoms with Crippen molar-refractivity contribution in [3.05, 3.63) is 62.3 Å². The third-order valence-electron chi connectivity index (χ3n) is 5.47. The van der Waals surface area contributed by atoms with Crippen molar-refractivity contribution >= 4 is 40.6 Å². The lowest BCUT2D eigenvalue weighted by Gasteiger charge is -2.36. The topological polar surface area (TPSA) is 95.8 Å². The number of nitrogens with one attached hydrogen (secondary N) is 1. The quantitative estimate of drug-likeness (QED) is 0.418. The molecule has 1 N–H and O–H groups in total. The number of carbonyl (C=O) groups excluding carboxylic acids is 2. The molecule has 0 spiro atoms. The van der Waals surface area contributed by atoms with E-state index in [1.165, 1.54) is 29.1 Å². The molecule has 1 saturated heterocycles. The number of nitro benzene ring substituents is 1. The number of hydrogen-bond donors (Lipinski definition) is 1. The van der Waals surface area contributed by atoms with Gasteiger partial charge in [-0.25, -0.2) is 0 Å². The molecule has 2 amide bonds. The highest BCUT2D eigenvalue weighted by atomic mass is 32.2. The summed E-state index contributed by atoms with van der Waals surface area (Å²) in [5.74, 6) is 0.172. The Morgan fingerprint density at radius 1 is 1.22 bits per heavy atom. The molecule has 0 radical (unpaired) electrons. The molecular weight excluding hydrogens is 448 g/mol. The molecule has 0 aliphatic carbocycles. The first-order valence-corrected chi connectivity index (χ1v) is 12.8. The third-order valence-corrected chi connectivity index (χ3v) is 7.05. The number of hydrogen-bond acceptors (Lipinski definition) is 7. The van der Waals surface area contributed by atoms with Gasteiger partial charge in [-0.05, 0) is 42.4 Å². The molecule has 32 heavy (non-hydrogen) atoms. The zero-order valence-electron chi connectivity index (χ0n) is 18.1. The van der Waals surface area contributed by atoms with Crippen molar-refractivity contribution in [2.24, 2.45) is 0 Å². The van der Waals surface area contributed by atoms with Gasteiger partial charge in [0.1, 0.15) is 6.04 Å². The molecule has 1 aromatic heterocycles. The number of nitrogens with zero attached hydrogens (tertiary/aromatic N) is 3. The van der Waals surface area contributed by atoms with Gasteiger partial charge in [-0.15, -0.1) is 11.3 Å². The minimum atomic E-state index is -0.646. The van der Waals surface area contributed by atoms with Gasteiger partial charge in [-0.3, -0.25) is 24.6 Å². The summed E-state index contributed by atoms with van der Waals surface area (Å²) in [5.41, 5.74) is 0.0304. The lowest BCUT2D eigenvalue weighted by atomic mass is 10.1. The summed E-state index contributed by atoms with van der Waals surface area (Å²) in [7, 11) is 0. The molecular formula is C22H28N4O4S2. The normalized spacial score (nSPS) is 15.3. The van der Waals surface area contributed by atoms with Gasteiger partial charge in [-0.1, -0.05) is 12.1 Å². The standard InChI is InChI=1S/C22H28N4O4S2/c1-31-15-8-20(23-21(27)17-4-2-5-18(16-17)26(29)30)22(28)25-12-10-24(11-13-25)9-7-19-6-3-14-32-19/h2-6,14,16,20H,7-13,15H2,1H3,(H,23,27). The Labute approximate surface area is 196 Å². The fourth-order valence-electron chi connectivity index (χ4n) is 3.63. The van der Waals surface area contributed by atoms with Crippen molar-refractivity contribution < 1.29 is 14.5 Å². The van der Waals surface area contributed by atoms with Crippen LogP contribution in [0, 0.1) is 10.1 Å². The molecule has 0 saturated carbocycles. The highest BCUT2D eigenvalue weighted by Crippen LogP contribution is 2.15. The summed E-state index contributed by atoms with van der Waals surface area (Å²) in [6.07, 6.45) is 3.48. The summed E-state index contributed by atoms with van der Waals surface area (Å²) in [6.45, 7) is 3.86. The lowest BCUT2D eigenvalue weighted by molar-refractivity contribution is -0.384. The second kappa shape index (κ2) is 12.0. The van der Waals surface area contributed by atoms with Gasteiger partial charge in [0.25, 0.3) is 11.6 Å². The molecule has 2 aromatic rings. The van der Waals surface area contributed by atoms with E-state index >= 15 is 0 Å². The van der Waals surface area contributed by atoms with Crippen LogP contribution >= 0.6 is 23.1 Å². The molecule has 2 heterocycles. The smallest absolute Gasteiger partial charge is 0.270 e. The Balaban J connectivity index is 1.56. The average Bonchev–Trinajstić information content (AvgIpc) is 3.34. The van der Waals surface area contributed by atoms with E-state index in [9.17, 15) is 19.7 Å². The number of thioether (sulfide) groups is 1. The van der Waals surface area contributed by atoms with Crippen LogP contribution in [0.2, 0.25) is 0 Å². The minimum absolute atomic E-state index is 0.0873. The number of rotatable bonds is 10. The Bertz CT molecular complexity index is 914. The van der Waals surface area contributed by atoms with Crippen molar-refractivity contribution in [2.45, 2.75) is 18.9 Å². The van der Waals surface area contributed by atoms with Gasteiger partial charge in [0.05, 0.1) is 4.92 Å². The van der Waals surface area contributed by atoms with E-state index in [1.54, 1.807) is 23.1 Å². The monoisotopic (exact) mass is 476 g/mol. The predicted octanol–water partition coefficient (Wildman–Crippen LogP) is 2.89. The number of thiophene rings is 1. The summed E-state index contributed by atoms with van der Waals surface area (Å²) in [4.78, 5) is 41.9. The van der Waals surface area contributed by atoms with Crippen LogP contribution in [-0.4, -0.2) is 77.3 Å². The maximum Gasteiger partial charge on any atom is 0.270 e.